The van der Waals surface area contributed by atoms with E-state index in [0.29, 0.717) is 0 Å². The van der Waals surface area contributed by atoms with Crippen molar-refractivity contribution in [1.29, 1.82) is 0 Å². The van der Waals surface area contributed by atoms with Crippen LogP contribution in [0.5, 0.6) is 0 Å². The molecule has 0 aliphatic carbocycles. The van der Waals surface area contributed by atoms with Gasteiger partial charge >= 0.3 is 0 Å². The van der Waals surface area contributed by atoms with Gasteiger partial charge in [0.05, 0.1) is 0 Å². The van der Waals surface area contributed by atoms with Crippen LogP contribution in [0.2, 0.25) is 0 Å². The maximum Gasteiger partial charge on any atom is -0.0106 e. The third-order valence-corrected chi connectivity index (χ3v) is 4.51. The third kappa shape index (κ3) is 3.49. The van der Waals surface area contributed by atoms with Crippen LogP contribution in [0.3, 0.4) is 0 Å². The predicted molar refractivity (Wildman–Crippen MR) is 106 cm³/mol. The molecule has 0 unspecified atom stereocenters. The van der Waals surface area contributed by atoms with E-state index in [1.807, 2.05) is 0 Å². The molecule has 0 heteroatoms. The summed E-state index contributed by atoms with van der Waals surface area (Å²) in [5.74, 6) is 0. The molecule has 0 heterocycles. The van der Waals surface area contributed by atoms with E-state index in [2.05, 4.69) is 98.8 Å². The van der Waals surface area contributed by atoms with Gasteiger partial charge in [-0.3, -0.25) is 0 Å². The van der Waals surface area contributed by atoms with Crippen LogP contribution in [0.4, 0.5) is 0 Å². The minimum Gasteiger partial charge on any atom is -0.0622 e. The van der Waals surface area contributed by atoms with E-state index in [0.717, 1.165) is 12.8 Å². The number of hydrogen-bond donors (Lipinski definition) is 0. The first kappa shape index (κ1) is 16.3. The Kier molecular flexibility index (Phi) is 5.28. The zero-order valence-electron chi connectivity index (χ0n) is 14.5. The highest BCUT2D eigenvalue weighted by Gasteiger charge is 2.09. The highest BCUT2D eigenvalue weighted by Crippen LogP contribution is 2.31. The summed E-state index contributed by atoms with van der Waals surface area (Å²) in [4.78, 5) is 0. The molecule has 120 valence electrons. The average molecular weight is 312 g/mol. The Morgan fingerprint density at radius 1 is 0.583 bits per heavy atom. The Hall–Kier alpha value is -2.60. The Morgan fingerprint density at radius 3 is 1.96 bits per heavy atom. The van der Waals surface area contributed by atoms with Crippen molar-refractivity contribution in [2.45, 2.75) is 26.7 Å². The van der Waals surface area contributed by atoms with Crippen LogP contribution in [0, 0.1) is 0 Å². The zero-order chi connectivity index (χ0) is 16.8. The maximum absolute atomic E-state index is 2.27. The second-order valence-electron chi connectivity index (χ2n) is 5.99. The number of benzene rings is 3. The van der Waals surface area contributed by atoms with Crippen molar-refractivity contribution in [3.8, 4) is 11.1 Å². The summed E-state index contributed by atoms with van der Waals surface area (Å²) in [5, 5.41) is 0. The van der Waals surface area contributed by atoms with Crippen molar-refractivity contribution in [3.05, 3.63) is 95.1 Å². The smallest absolute Gasteiger partial charge is 0.0106 e. The summed E-state index contributed by atoms with van der Waals surface area (Å²) in [5.41, 5.74) is 8.05. The van der Waals surface area contributed by atoms with E-state index in [-0.39, 0.29) is 0 Å². The molecule has 0 radical (unpaired) electrons. The second-order valence-corrected chi connectivity index (χ2v) is 5.99. The van der Waals surface area contributed by atoms with Gasteiger partial charge in [-0.1, -0.05) is 98.8 Å². The normalized spacial score (nSPS) is 11.1. The van der Waals surface area contributed by atoms with Crippen LogP contribution in [-0.4, -0.2) is 0 Å². The first-order chi connectivity index (χ1) is 11.8. The molecule has 3 aromatic carbocycles. The van der Waals surface area contributed by atoms with E-state index in [4.69, 9.17) is 0 Å². The summed E-state index contributed by atoms with van der Waals surface area (Å²) in [6.45, 7) is 4.45. The molecular weight excluding hydrogens is 288 g/mol. The predicted octanol–water partition coefficient (Wildman–Crippen LogP) is 6.65. The monoisotopic (exact) mass is 312 g/mol. The summed E-state index contributed by atoms with van der Waals surface area (Å²) in [6, 6.07) is 25.9. The first-order valence-corrected chi connectivity index (χ1v) is 8.76. The van der Waals surface area contributed by atoms with Gasteiger partial charge in [0.25, 0.3) is 0 Å². The van der Waals surface area contributed by atoms with E-state index < -0.39 is 0 Å². The lowest BCUT2D eigenvalue weighted by molar-refractivity contribution is 1.12. The lowest BCUT2D eigenvalue weighted by Crippen LogP contribution is -1.94. The number of hydrogen-bond acceptors (Lipinski definition) is 0. The molecule has 0 atom stereocenters. The van der Waals surface area contributed by atoms with Crippen LogP contribution >= 0.6 is 0 Å². The van der Waals surface area contributed by atoms with Crippen molar-refractivity contribution in [2.75, 3.05) is 0 Å². The molecule has 0 amide bonds. The van der Waals surface area contributed by atoms with Crippen LogP contribution in [0.1, 0.15) is 36.1 Å². The lowest BCUT2D eigenvalue weighted by Gasteiger charge is -2.14. The lowest BCUT2D eigenvalue weighted by atomic mass is 9.90. The van der Waals surface area contributed by atoms with Crippen LogP contribution < -0.4 is 0 Å². The Morgan fingerprint density at radius 2 is 1.21 bits per heavy atom. The summed E-state index contributed by atoms with van der Waals surface area (Å²) < 4.78 is 0. The van der Waals surface area contributed by atoms with Gasteiger partial charge < -0.3 is 0 Å². The minimum absolute atomic E-state index is 1.04. The van der Waals surface area contributed by atoms with Gasteiger partial charge in [0.2, 0.25) is 0 Å². The fraction of sp³-hybridized carbons (Fsp3) is 0.167. The van der Waals surface area contributed by atoms with Crippen LogP contribution in [0.25, 0.3) is 23.3 Å². The third-order valence-electron chi connectivity index (χ3n) is 4.51. The molecule has 0 spiro atoms. The molecule has 3 aromatic rings. The molecule has 0 aliphatic heterocycles. The van der Waals surface area contributed by atoms with Crippen molar-refractivity contribution in [1.82, 2.24) is 0 Å². The van der Waals surface area contributed by atoms with E-state index in [1.54, 1.807) is 0 Å². The van der Waals surface area contributed by atoms with Gasteiger partial charge in [0, 0.05) is 0 Å². The highest BCUT2D eigenvalue weighted by molar-refractivity contribution is 5.83. The highest BCUT2D eigenvalue weighted by atomic mass is 14.1. The molecule has 24 heavy (non-hydrogen) atoms. The zero-order valence-corrected chi connectivity index (χ0v) is 14.5. The van der Waals surface area contributed by atoms with Crippen molar-refractivity contribution in [3.63, 3.8) is 0 Å². The molecule has 0 nitrogen and oxygen atoms in total. The largest absolute Gasteiger partial charge is 0.0622 e. The number of aryl methyl sites for hydroxylation is 2. The van der Waals surface area contributed by atoms with Gasteiger partial charge in [-0.2, -0.15) is 0 Å². The summed E-state index contributed by atoms with van der Waals surface area (Å²) in [7, 11) is 0. The molecule has 0 aromatic heterocycles. The quantitative estimate of drug-likeness (QED) is 0.463. The molecule has 0 N–H and O–H groups in total. The Bertz CT molecular complexity index is 826. The van der Waals surface area contributed by atoms with Gasteiger partial charge in [-0.05, 0) is 46.2 Å². The van der Waals surface area contributed by atoms with E-state index >= 15 is 0 Å². The van der Waals surface area contributed by atoms with Crippen molar-refractivity contribution >= 4 is 12.2 Å². The SMILES string of the molecule is CCc1ccccc1-c1cccc(CC)c1/C=C/c1ccccc1. The van der Waals surface area contributed by atoms with Crippen LogP contribution in [0.15, 0.2) is 72.8 Å². The molecule has 0 saturated heterocycles. The second kappa shape index (κ2) is 7.79. The Balaban J connectivity index is 2.12. The Labute approximate surface area is 145 Å². The average Bonchev–Trinajstić information content (AvgIpc) is 2.66. The standard InChI is InChI=1S/C24H24/c1-3-20-13-8-9-15-22(20)24-16-10-14-21(4-2)23(24)18-17-19-11-6-5-7-12-19/h5-18H,3-4H2,1-2H3/b18-17+. The van der Waals surface area contributed by atoms with Crippen LogP contribution in [-0.2, 0) is 12.8 Å². The van der Waals surface area contributed by atoms with E-state index in [1.165, 1.54) is 33.4 Å². The summed E-state index contributed by atoms with van der Waals surface area (Å²) in [6.07, 6.45) is 6.58. The molecule has 0 aliphatic rings. The fourth-order valence-electron chi connectivity index (χ4n) is 3.19. The molecule has 0 saturated carbocycles. The summed E-state index contributed by atoms with van der Waals surface area (Å²) >= 11 is 0. The molecular formula is C24H24. The number of rotatable bonds is 5. The van der Waals surface area contributed by atoms with Gasteiger partial charge in [-0.25, -0.2) is 0 Å². The van der Waals surface area contributed by atoms with Gasteiger partial charge in [-0.15, -0.1) is 0 Å². The van der Waals surface area contributed by atoms with Crippen molar-refractivity contribution in [2.24, 2.45) is 0 Å². The maximum atomic E-state index is 2.27. The fourth-order valence-corrected chi connectivity index (χ4v) is 3.19. The van der Waals surface area contributed by atoms with Gasteiger partial charge in [0.15, 0.2) is 0 Å². The molecule has 0 bridgehead atoms. The van der Waals surface area contributed by atoms with E-state index in [9.17, 15) is 0 Å². The molecule has 0 fully saturated rings. The topological polar surface area (TPSA) is 0 Å². The minimum atomic E-state index is 1.04. The molecule has 3 rings (SSSR count). The van der Waals surface area contributed by atoms with Crippen molar-refractivity contribution < 1.29 is 0 Å². The van der Waals surface area contributed by atoms with Gasteiger partial charge in [0.1, 0.15) is 0 Å². The first-order valence-electron chi connectivity index (χ1n) is 8.76.